The Bertz CT molecular complexity index is 1350. The molecule has 2 aliphatic rings. The van der Waals surface area contributed by atoms with E-state index >= 15 is 0 Å². The Balaban J connectivity index is 1.56. The third-order valence-electron chi connectivity index (χ3n) is 8.77. The number of benzene rings is 1. The summed E-state index contributed by atoms with van der Waals surface area (Å²) in [6.07, 6.45) is 3.19. The van der Waals surface area contributed by atoms with Crippen molar-refractivity contribution in [3.8, 4) is 0 Å². The molecule has 2 aromatic rings. The number of pyridine rings is 1. The highest BCUT2D eigenvalue weighted by Gasteiger charge is 2.55. The van der Waals surface area contributed by atoms with Crippen LogP contribution in [0.25, 0.3) is 0 Å². The molecular formula is C33H47N5O5. The molecule has 3 heterocycles. The average molecular weight is 594 g/mol. The number of ether oxygens (including phenoxy) is 1. The Kier molecular flexibility index (Phi) is 9.23. The molecule has 0 bridgehead atoms. The number of carbonyl (C=O) groups is 2. The van der Waals surface area contributed by atoms with Crippen LogP contribution in [0.4, 0.5) is 4.79 Å². The van der Waals surface area contributed by atoms with E-state index in [0.29, 0.717) is 49.6 Å². The number of nitrogens with one attached hydrogen (secondary N) is 1. The van der Waals surface area contributed by atoms with Gasteiger partial charge in [-0.3, -0.25) is 9.78 Å². The zero-order valence-corrected chi connectivity index (χ0v) is 26.7. The number of aliphatic hydroxyl groups is 1. The fourth-order valence-corrected chi connectivity index (χ4v) is 6.51. The summed E-state index contributed by atoms with van der Waals surface area (Å²) in [7, 11) is 2.02. The third kappa shape index (κ3) is 6.70. The number of hydrogen-bond donors (Lipinski definition) is 3. The number of nitrogens with zero attached hydrogens (tertiary/aromatic N) is 4. The Morgan fingerprint density at radius 1 is 1.14 bits per heavy atom. The van der Waals surface area contributed by atoms with Gasteiger partial charge in [-0.25, -0.2) is 4.79 Å². The van der Waals surface area contributed by atoms with Crippen LogP contribution in [0.5, 0.6) is 0 Å². The number of hydrogen-bond acceptors (Lipinski definition) is 8. The molecule has 3 atom stereocenters. The fraction of sp³-hybridized carbons (Fsp3) is 0.576. The number of rotatable bonds is 6. The van der Waals surface area contributed by atoms with Crippen LogP contribution >= 0.6 is 0 Å². The zero-order chi connectivity index (χ0) is 31.7. The van der Waals surface area contributed by atoms with Crippen LogP contribution in [0.1, 0.15) is 83.1 Å². The zero-order valence-electron chi connectivity index (χ0n) is 26.7. The molecule has 2 saturated heterocycles. The summed E-state index contributed by atoms with van der Waals surface area (Å²) in [4.78, 5) is 34.1. The average Bonchev–Trinajstić information content (AvgIpc) is 2.93. The number of amides is 2. The Hall–Kier alpha value is -3.50. The maximum Gasteiger partial charge on any atom is 0.410 e. The molecule has 234 valence electrons. The van der Waals surface area contributed by atoms with Crippen molar-refractivity contribution in [3.63, 3.8) is 0 Å². The van der Waals surface area contributed by atoms with Gasteiger partial charge in [-0.2, -0.15) is 0 Å². The molecule has 3 N–H and O–H groups in total. The number of piperidine rings is 1. The van der Waals surface area contributed by atoms with Crippen molar-refractivity contribution in [1.29, 1.82) is 0 Å². The maximum absolute atomic E-state index is 13.4. The molecule has 10 nitrogen and oxygen atoms in total. The monoisotopic (exact) mass is 593 g/mol. The molecule has 1 aromatic carbocycles. The van der Waals surface area contributed by atoms with Crippen molar-refractivity contribution in [1.82, 2.24) is 20.1 Å². The van der Waals surface area contributed by atoms with E-state index in [1.165, 1.54) is 11.8 Å². The van der Waals surface area contributed by atoms with E-state index in [1.807, 2.05) is 59.0 Å². The van der Waals surface area contributed by atoms with Gasteiger partial charge in [-0.05, 0) is 63.3 Å². The van der Waals surface area contributed by atoms with Crippen LogP contribution in [-0.4, -0.2) is 81.8 Å². The summed E-state index contributed by atoms with van der Waals surface area (Å²) in [6, 6.07) is 9.77. The van der Waals surface area contributed by atoms with E-state index in [-0.39, 0.29) is 17.7 Å². The first-order chi connectivity index (χ1) is 20.1. The molecule has 0 radical (unpaired) electrons. The molecule has 43 heavy (non-hydrogen) atoms. The molecule has 4 rings (SSSR count). The van der Waals surface area contributed by atoms with E-state index in [0.717, 1.165) is 5.56 Å². The topological polar surface area (TPSA) is 128 Å². The van der Waals surface area contributed by atoms with Gasteiger partial charge >= 0.3 is 6.09 Å². The molecule has 2 fully saturated rings. The predicted octanol–water partition coefficient (Wildman–Crippen LogP) is 4.54. The second kappa shape index (κ2) is 12.2. The molecule has 2 amide bonds. The first kappa shape index (κ1) is 32.4. The first-order valence-electron chi connectivity index (χ1n) is 15.1. The van der Waals surface area contributed by atoms with Gasteiger partial charge in [0.2, 0.25) is 5.91 Å². The summed E-state index contributed by atoms with van der Waals surface area (Å²) in [5.74, 6) is -0.527. The quantitative estimate of drug-likeness (QED) is 0.194. The molecule has 1 aromatic heterocycles. The molecule has 0 spiro atoms. The van der Waals surface area contributed by atoms with Gasteiger partial charge in [-0.15, -0.1) is 0 Å². The number of likely N-dealkylation sites (tertiary alicyclic amines) is 2. The largest absolute Gasteiger partial charge is 0.444 e. The number of amidine groups is 1. The summed E-state index contributed by atoms with van der Waals surface area (Å²) in [5, 5.41) is 28.7. The van der Waals surface area contributed by atoms with Crippen LogP contribution in [0.3, 0.4) is 0 Å². The first-order valence-corrected chi connectivity index (χ1v) is 15.1. The Morgan fingerprint density at radius 2 is 1.79 bits per heavy atom. The van der Waals surface area contributed by atoms with E-state index in [2.05, 4.69) is 41.1 Å². The predicted molar refractivity (Wildman–Crippen MR) is 165 cm³/mol. The van der Waals surface area contributed by atoms with E-state index < -0.39 is 28.6 Å². The number of aromatic nitrogens is 1. The lowest BCUT2D eigenvalue weighted by atomic mass is 9.62. The van der Waals surface area contributed by atoms with Gasteiger partial charge in [0, 0.05) is 61.0 Å². The standard InChI is InChI=1S/C33H47N5O5/c1-21(2)23-9-11-25(12-10-23)33(41,32(7)19-37(8)20-32)26-15-24(16-34-17-26)28(36-42)35-29(39)27-13-14-38(18-22(27)3)30(40)43-31(4,5)6/h9-12,15-17,21-22,27,41-42H,13-14,18-20H2,1-8H3,(H,35,36,39). The second-order valence-electron chi connectivity index (χ2n) is 13.9. The highest BCUT2D eigenvalue weighted by Crippen LogP contribution is 2.50. The molecular weight excluding hydrogens is 546 g/mol. The molecule has 0 aliphatic carbocycles. The van der Waals surface area contributed by atoms with Gasteiger partial charge in [0.1, 0.15) is 11.2 Å². The molecule has 0 saturated carbocycles. The van der Waals surface area contributed by atoms with Gasteiger partial charge in [0.25, 0.3) is 0 Å². The lowest BCUT2D eigenvalue weighted by molar-refractivity contribution is -0.127. The van der Waals surface area contributed by atoms with Crippen LogP contribution in [-0.2, 0) is 15.1 Å². The summed E-state index contributed by atoms with van der Waals surface area (Å²) >= 11 is 0. The van der Waals surface area contributed by atoms with Crippen LogP contribution in [0.15, 0.2) is 47.9 Å². The highest BCUT2D eigenvalue weighted by atomic mass is 16.6. The minimum absolute atomic E-state index is 0.0468. The summed E-state index contributed by atoms with van der Waals surface area (Å²) in [5.41, 5.74) is 0.373. The summed E-state index contributed by atoms with van der Waals surface area (Å²) in [6.45, 7) is 15.8. The lowest BCUT2D eigenvalue weighted by Crippen LogP contribution is -2.63. The van der Waals surface area contributed by atoms with E-state index in [1.54, 1.807) is 17.2 Å². The summed E-state index contributed by atoms with van der Waals surface area (Å²) < 4.78 is 5.49. The Labute approximate surface area is 255 Å². The van der Waals surface area contributed by atoms with Crippen molar-refractivity contribution < 1.29 is 24.6 Å². The van der Waals surface area contributed by atoms with Gasteiger partial charge in [0.15, 0.2) is 5.84 Å². The van der Waals surface area contributed by atoms with Crippen molar-refractivity contribution in [2.45, 2.75) is 72.0 Å². The van der Waals surface area contributed by atoms with Crippen molar-refractivity contribution in [2.24, 2.45) is 22.4 Å². The van der Waals surface area contributed by atoms with Gasteiger partial charge in [-0.1, -0.05) is 57.1 Å². The van der Waals surface area contributed by atoms with Gasteiger partial charge < -0.3 is 30.2 Å². The van der Waals surface area contributed by atoms with E-state index in [9.17, 15) is 19.9 Å². The lowest BCUT2D eigenvalue weighted by Gasteiger charge is -2.55. The normalized spacial score (nSPS) is 22.5. The minimum Gasteiger partial charge on any atom is -0.444 e. The third-order valence-corrected chi connectivity index (χ3v) is 8.77. The Morgan fingerprint density at radius 3 is 2.33 bits per heavy atom. The molecule has 2 aliphatic heterocycles. The second-order valence-corrected chi connectivity index (χ2v) is 13.9. The van der Waals surface area contributed by atoms with E-state index in [4.69, 9.17) is 4.74 Å². The molecule has 3 unspecified atom stereocenters. The fourth-order valence-electron chi connectivity index (χ4n) is 6.51. The van der Waals surface area contributed by atoms with Crippen LogP contribution < -0.4 is 5.32 Å². The molecule has 10 heteroatoms. The highest BCUT2D eigenvalue weighted by molar-refractivity contribution is 6.08. The SMILES string of the molecule is CC(C)c1ccc(C(O)(c2cncc(C(=NO)NC(=O)C3CCN(C(=O)OC(C)(C)C)CC3C)c2)C2(C)CN(C)C2)cc1. The smallest absolute Gasteiger partial charge is 0.410 e. The van der Waals surface area contributed by atoms with Gasteiger partial charge in [0.05, 0.1) is 0 Å². The maximum atomic E-state index is 13.4. The van der Waals surface area contributed by atoms with Crippen molar-refractivity contribution >= 4 is 17.8 Å². The van der Waals surface area contributed by atoms with Crippen LogP contribution in [0, 0.1) is 17.3 Å². The van der Waals surface area contributed by atoms with Crippen molar-refractivity contribution in [2.75, 3.05) is 33.2 Å². The van der Waals surface area contributed by atoms with Crippen LogP contribution in [0.2, 0.25) is 0 Å². The number of oxime groups is 1. The van der Waals surface area contributed by atoms with Crippen molar-refractivity contribution in [3.05, 3.63) is 65.0 Å². The minimum atomic E-state index is -1.38. The number of carbonyl (C=O) groups excluding carboxylic acids is 2.